The van der Waals surface area contributed by atoms with Crippen LogP contribution in [0.5, 0.6) is 11.5 Å². The molecule has 0 saturated heterocycles. The van der Waals surface area contributed by atoms with Crippen molar-refractivity contribution in [3.05, 3.63) is 250 Å². The Labute approximate surface area is 383 Å². The Balaban J connectivity index is 0.962. The van der Waals surface area contributed by atoms with Crippen molar-refractivity contribution in [2.45, 2.75) is 63.2 Å². The minimum absolute atomic E-state index is 0.00827. The summed E-state index contributed by atoms with van der Waals surface area (Å²) in [4.78, 5) is 0. The van der Waals surface area contributed by atoms with E-state index in [0.29, 0.717) is 0 Å². The lowest BCUT2D eigenvalue weighted by Crippen LogP contribution is -2.32. The first-order valence-corrected chi connectivity index (χ1v) is 23.2. The van der Waals surface area contributed by atoms with Crippen molar-refractivity contribution < 1.29 is 4.74 Å². The molecule has 0 unspecified atom stereocenters. The van der Waals surface area contributed by atoms with Gasteiger partial charge >= 0.3 is 0 Å². The highest BCUT2D eigenvalue weighted by Crippen LogP contribution is 2.65. The van der Waals surface area contributed by atoms with Crippen LogP contribution in [0.25, 0.3) is 55.6 Å². The molecule has 0 saturated carbocycles. The molecule has 0 N–H and O–H groups in total. The van der Waals surface area contributed by atoms with Crippen molar-refractivity contribution in [1.29, 1.82) is 0 Å². The third-order valence-corrected chi connectivity index (χ3v) is 15.3. The summed E-state index contributed by atoms with van der Waals surface area (Å²) < 4.78 is 6.75. The third kappa shape index (κ3) is 5.10. The van der Waals surface area contributed by atoms with E-state index >= 15 is 0 Å². The van der Waals surface area contributed by atoms with E-state index in [1.54, 1.807) is 0 Å². The zero-order valence-corrected chi connectivity index (χ0v) is 37.9. The number of para-hydroxylation sites is 1. The maximum Gasteiger partial charge on any atom is 0.132 e. The summed E-state index contributed by atoms with van der Waals surface area (Å²) in [6, 6.07) is 73.6. The van der Waals surface area contributed by atoms with Crippen LogP contribution in [0, 0.1) is 0 Å². The largest absolute Gasteiger partial charge is 0.457 e. The van der Waals surface area contributed by atoms with Crippen molar-refractivity contribution in [3.63, 3.8) is 0 Å². The molecular weight excluding hydrogens is 785 g/mol. The van der Waals surface area contributed by atoms with Gasteiger partial charge in [0.2, 0.25) is 0 Å². The number of hydrogen-bond acceptors (Lipinski definition) is 1. The first kappa shape index (κ1) is 38.3. The van der Waals surface area contributed by atoms with Gasteiger partial charge in [-0.25, -0.2) is 0 Å². The molecule has 0 aromatic heterocycles. The highest BCUT2D eigenvalue weighted by Gasteiger charge is 2.53. The summed E-state index contributed by atoms with van der Waals surface area (Å²) in [6.07, 6.45) is 0. The van der Waals surface area contributed by atoms with Crippen molar-refractivity contribution in [3.8, 4) is 67.1 Å². The van der Waals surface area contributed by atoms with Gasteiger partial charge in [-0.05, 0) is 135 Å². The highest BCUT2D eigenvalue weighted by molar-refractivity contribution is 5.96. The zero-order chi connectivity index (χ0) is 44.0. The molecule has 1 heterocycles. The molecule has 1 nitrogen and oxygen atoms in total. The van der Waals surface area contributed by atoms with Crippen molar-refractivity contribution in [2.24, 2.45) is 0 Å². The fourth-order valence-electron chi connectivity index (χ4n) is 12.2. The zero-order valence-electron chi connectivity index (χ0n) is 37.9. The van der Waals surface area contributed by atoms with Gasteiger partial charge in [0.1, 0.15) is 11.5 Å². The summed E-state index contributed by atoms with van der Waals surface area (Å²) in [6.45, 7) is 14.0. The SMILES string of the molecule is CC(C)(C)c1ccc2c(c1)C1(c3ccccc3-c3ccc(-c4ccc(-c5ccc6c(c5)C5(c7ccccc7O6)c6ccccc6-c6ccccc65)cc4)cc31)c1cc(C(C)(C)C)ccc1-2. The molecular formula is C64H50O. The van der Waals surface area contributed by atoms with Crippen LogP contribution >= 0.6 is 0 Å². The standard InChI is InChI=1S/C64H50O/c1-61(2,3)43-29-32-49-50-33-30-44(62(4,5)6)38-57(50)64(56(49)37-43)53-20-12-9-17-47(53)48-31-27-41(35-55(48)64)39-23-25-40(26-24-39)42-28-34-60-58(36-42)63(54-21-13-14-22-59(54)65-60)51-18-10-7-15-45(51)46-16-8-11-19-52(46)63/h7-38H,1-6H3. The van der Waals surface area contributed by atoms with Gasteiger partial charge in [0, 0.05) is 11.1 Å². The molecule has 3 aliphatic carbocycles. The van der Waals surface area contributed by atoms with Gasteiger partial charge in [0.25, 0.3) is 0 Å². The predicted molar refractivity (Wildman–Crippen MR) is 268 cm³/mol. The van der Waals surface area contributed by atoms with Gasteiger partial charge < -0.3 is 4.74 Å². The molecule has 13 rings (SSSR count). The van der Waals surface area contributed by atoms with Crippen LogP contribution in [-0.2, 0) is 21.7 Å². The summed E-state index contributed by atoms with van der Waals surface area (Å²) in [5.74, 6) is 1.82. The molecule has 9 aromatic rings. The normalized spacial score (nSPS) is 15.0. The molecule has 0 bridgehead atoms. The molecule has 1 aliphatic heterocycles. The Bertz CT molecular complexity index is 3370. The Kier molecular flexibility index (Phi) is 7.76. The van der Waals surface area contributed by atoms with Gasteiger partial charge in [0.15, 0.2) is 0 Å². The van der Waals surface area contributed by atoms with Gasteiger partial charge in [0.05, 0.1) is 10.8 Å². The molecule has 0 fully saturated rings. The van der Waals surface area contributed by atoms with Crippen molar-refractivity contribution in [1.82, 2.24) is 0 Å². The smallest absolute Gasteiger partial charge is 0.132 e. The average molecular weight is 835 g/mol. The number of fused-ring (bicyclic) bond motifs is 19. The Morgan fingerprint density at radius 3 is 1.11 bits per heavy atom. The minimum atomic E-state index is -0.496. The van der Waals surface area contributed by atoms with Crippen LogP contribution < -0.4 is 4.74 Å². The summed E-state index contributed by atoms with van der Waals surface area (Å²) in [5.41, 5.74) is 25.0. The predicted octanol–water partition coefficient (Wildman–Crippen LogP) is 16.4. The maximum absolute atomic E-state index is 6.75. The van der Waals surface area contributed by atoms with Gasteiger partial charge in [-0.15, -0.1) is 0 Å². The lowest BCUT2D eigenvalue weighted by molar-refractivity contribution is 0.436. The van der Waals surface area contributed by atoms with Crippen LogP contribution in [0.1, 0.15) is 97.2 Å². The summed E-state index contributed by atoms with van der Waals surface area (Å²) >= 11 is 0. The number of rotatable bonds is 2. The maximum atomic E-state index is 6.75. The average Bonchev–Trinajstić information content (AvgIpc) is 3.91. The minimum Gasteiger partial charge on any atom is -0.457 e. The Morgan fingerprint density at radius 2 is 0.615 bits per heavy atom. The molecule has 0 radical (unpaired) electrons. The lowest BCUT2D eigenvalue weighted by Gasteiger charge is -2.39. The molecule has 312 valence electrons. The van der Waals surface area contributed by atoms with E-state index in [9.17, 15) is 0 Å². The fourth-order valence-corrected chi connectivity index (χ4v) is 12.2. The number of benzene rings is 9. The van der Waals surface area contributed by atoms with Crippen LogP contribution in [0.2, 0.25) is 0 Å². The summed E-state index contributed by atoms with van der Waals surface area (Å²) in [7, 11) is 0. The summed E-state index contributed by atoms with van der Waals surface area (Å²) in [5, 5.41) is 0. The van der Waals surface area contributed by atoms with Gasteiger partial charge in [-0.2, -0.15) is 0 Å². The molecule has 1 heteroatoms. The number of hydrogen-bond donors (Lipinski definition) is 0. The first-order valence-electron chi connectivity index (χ1n) is 23.2. The quantitative estimate of drug-likeness (QED) is 0.169. The molecule has 0 amide bonds. The second-order valence-corrected chi connectivity index (χ2v) is 20.8. The number of ether oxygens (including phenoxy) is 1. The van der Waals surface area contributed by atoms with Gasteiger partial charge in [-0.1, -0.05) is 211 Å². The van der Waals surface area contributed by atoms with E-state index in [0.717, 1.165) is 11.5 Å². The van der Waals surface area contributed by atoms with Crippen LogP contribution in [0.3, 0.4) is 0 Å². The van der Waals surface area contributed by atoms with E-state index in [2.05, 4.69) is 236 Å². The van der Waals surface area contributed by atoms with E-state index in [-0.39, 0.29) is 10.8 Å². The highest BCUT2D eigenvalue weighted by atomic mass is 16.5. The lowest BCUT2D eigenvalue weighted by atomic mass is 9.66. The van der Waals surface area contributed by atoms with E-state index in [1.807, 2.05) is 0 Å². The second kappa shape index (κ2) is 13.2. The van der Waals surface area contributed by atoms with E-state index in [4.69, 9.17) is 4.74 Å². The van der Waals surface area contributed by atoms with E-state index < -0.39 is 10.8 Å². The topological polar surface area (TPSA) is 9.23 Å². The second-order valence-electron chi connectivity index (χ2n) is 20.8. The molecule has 0 atom stereocenters. The molecule has 4 aliphatic rings. The van der Waals surface area contributed by atoms with Crippen LogP contribution in [0.15, 0.2) is 194 Å². The third-order valence-electron chi connectivity index (χ3n) is 15.3. The van der Waals surface area contributed by atoms with Gasteiger partial charge in [-0.3, -0.25) is 0 Å². The van der Waals surface area contributed by atoms with Crippen molar-refractivity contribution >= 4 is 0 Å². The van der Waals surface area contributed by atoms with Crippen LogP contribution in [0.4, 0.5) is 0 Å². The van der Waals surface area contributed by atoms with E-state index in [1.165, 1.54) is 111 Å². The van der Waals surface area contributed by atoms with Crippen LogP contribution in [-0.4, -0.2) is 0 Å². The first-order chi connectivity index (χ1) is 31.5. The Morgan fingerprint density at radius 1 is 0.277 bits per heavy atom. The molecule has 2 spiro atoms. The Hall–Kier alpha value is -7.22. The molecule has 65 heavy (non-hydrogen) atoms. The fraction of sp³-hybridized carbons (Fsp3) is 0.156. The van der Waals surface area contributed by atoms with Crippen molar-refractivity contribution in [2.75, 3.05) is 0 Å². The monoisotopic (exact) mass is 834 g/mol. The molecule has 9 aromatic carbocycles.